The zero-order valence-electron chi connectivity index (χ0n) is 11.9. The highest BCUT2D eigenvalue weighted by Crippen LogP contribution is 2.62. The van der Waals surface area contributed by atoms with Crippen molar-refractivity contribution >= 4 is 17.1 Å². The Balaban J connectivity index is 1.59. The van der Waals surface area contributed by atoms with Crippen molar-refractivity contribution in [1.82, 2.24) is 24.9 Å². The van der Waals surface area contributed by atoms with Gasteiger partial charge in [-0.25, -0.2) is 9.67 Å². The van der Waals surface area contributed by atoms with Crippen LogP contribution in [0.1, 0.15) is 24.2 Å². The fourth-order valence-corrected chi connectivity index (χ4v) is 3.52. The molecule has 1 saturated carbocycles. The molecule has 1 amide bonds. The number of carbonyl (C=O) groups is 1. The second kappa shape index (κ2) is 3.56. The predicted molar refractivity (Wildman–Crippen MR) is 73.0 cm³/mol. The summed E-state index contributed by atoms with van der Waals surface area (Å²) in [5.41, 5.74) is 2.40. The van der Waals surface area contributed by atoms with Gasteiger partial charge in [-0.15, -0.1) is 5.10 Å². The van der Waals surface area contributed by atoms with Crippen molar-refractivity contribution in [2.75, 3.05) is 13.1 Å². The molecule has 3 heterocycles. The second-order valence-electron chi connectivity index (χ2n) is 6.52. The molecule has 0 bridgehead atoms. The normalized spacial score (nSPS) is 26.9. The maximum Gasteiger partial charge on any atom is 0.255 e. The first-order valence-electron chi connectivity index (χ1n) is 6.93. The van der Waals surface area contributed by atoms with Crippen molar-refractivity contribution in [3.8, 4) is 0 Å². The molecule has 2 atom stereocenters. The summed E-state index contributed by atoms with van der Waals surface area (Å²) in [5, 5.41) is 7.93. The van der Waals surface area contributed by atoms with Crippen LogP contribution in [-0.4, -0.2) is 43.9 Å². The lowest BCUT2D eigenvalue weighted by Crippen LogP contribution is -2.32. The second-order valence-corrected chi connectivity index (χ2v) is 6.52. The summed E-state index contributed by atoms with van der Waals surface area (Å²) < 4.78 is 1.61. The van der Waals surface area contributed by atoms with Gasteiger partial charge in [0.25, 0.3) is 5.91 Å². The Hall–Kier alpha value is -1.98. The van der Waals surface area contributed by atoms with Gasteiger partial charge in [0.15, 0.2) is 5.65 Å². The molecule has 2 aromatic heterocycles. The number of aryl methyl sites for hydroxylation is 1. The standard InChI is InChI=1S/C14H17N5O/c1-14(2)9-6-19(7-10(9)14)13(20)8-4-11-12(15-5-8)18(3)17-16-11/h4-5,9-10H,6-7H2,1-3H3. The Labute approximate surface area is 116 Å². The van der Waals surface area contributed by atoms with Gasteiger partial charge in [-0.3, -0.25) is 4.79 Å². The highest BCUT2D eigenvalue weighted by molar-refractivity contribution is 5.96. The Morgan fingerprint density at radius 1 is 1.35 bits per heavy atom. The van der Waals surface area contributed by atoms with Crippen LogP contribution in [0.4, 0.5) is 0 Å². The van der Waals surface area contributed by atoms with Gasteiger partial charge in [0, 0.05) is 26.3 Å². The van der Waals surface area contributed by atoms with E-state index in [0.717, 1.165) is 13.1 Å². The van der Waals surface area contributed by atoms with E-state index >= 15 is 0 Å². The summed E-state index contributed by atoms with van der Waals surface area (Å²) in [5.74, 6) is 1.40. The number of carbonyl (C=O) groups excluding carboxylic acids is 1. The van der Waals surface area contributed by atoms with Gasteiger partial charge in [-0.2, -0.15) is 0 Å². The SMILES string of the molecule is Cn1nnc2cc(C(=O)N3CC4C(C3)C4(C)C)cnc21. The van der Waals surface area contributed by atoms with E-state index in [2.05, 4.69) is 29.1 Å². The van der Waals surface area contributed by atoms with Crippen LogP contribution in [0.5, 0.6) is 0 Å². The van der Waals surface area contributed by atoms with E-state index in [1.165, 1.54) is 0 Å². The van der Waals surface area contributed by atoms with Crippen LogP contribution in [-0.2, 0) is 7.05 Å². The molecule has 0 N–H and O–H groups in total. The van der Waals surface area contributed by atoms with Gasteiger partial charge in [0.05, 0.1) is 5.56 Å². The number of aromatic nitrogens is 4. The van der Waals surface area contributed by atoms with E-state index in [0.29, 0.717) is 34.0 Å². The summed E-state index contributed by atoms with van der Waals surface area (Å²) in [4.78, 5) is 18.7. The quantitative estimate of drug-likeness (QED) is 0.779. The van der Waals surface area contributed by atoms with Crippen molar-refractivity contribution in [3.05, 3.63) is 17.8 Å². The summed E-state index contributed by atoms with van der Waals surface area (Å²) in [7, 11) is 1.79. The monoisotopic (exact) mass is 271 g/mol. The summed E-state index contributed by atoms with van der Waals surface area (Å²) in [6.45, 7) is 6.32. The van der Waals surface area contributed by atoms with E-state index in [-0.39, 0.29) is 5.91 Å². The molecule has 6 nitrogen and oxygen atoms in total. The van der Waals surface area contributed by atoms with Crippen LogP contribution >= 0.6 is 0 Å². The highest BCUT2D eigenvalue weighted by atomic mass is 16.2. The van der Waals surface area contributed by atoms with Gasteiger partial charge in [0.2, 0.25) is 0 Å². The molecular weight excluding hydrogens is 254 g/mol. The van der Waals surface area contributed by atoms with Crippen molar-refractivity contribution in [2.45, 2.75) is 13.8 Å². The maximum absolute atomic E-state index is 12.5. The molecule has 6 heteroatoms. The van der Waals surface area contributed by atoms with E-state index in [1.807, 2.05) is 4.90 Å². The molecule has 1 aliphatic heterocycles. The number of likely N-dealkylation sites (tertiary alicyclic amines) is 1. The number of nitrogens with zero attached hydrogens (tertiary/aromatic N) is 5. The third-order valence-electron chi connectivity index (χ3n) is 5.10. The van der Waals surface area contributed by atoms with Crippen molar-refractivity contribution < 1.29 is 4.79 Å². The number of hydrogen-bond donors (Lipinski definition) is 0. The maximum atomic E-state index is 12.5. The largest absolute Gasteiger partial charge is 0.338 e. The number of pyridine rings is 1. The molecule has 2 fully saturated rings. The molecule has 0 spiro atoms. The van der Waals surface area contributed by atoms with Crippen LogP contribution < -0.4 is 0 Å². The van der Waals surface area contributed by atoms with Crippen molar-refractivity contribution in [2.24, 2.45) is 24.3 Å². The Kier molecular flexibility index (Phi) is 2.10. The fourth-order valence-electron chi connectivity index (χ4n) is 3.52. The topological polar surface area (TPSA) is 63.9 Å². The number of fused-ring (bicyclic) bond motifs is 2. The molecule has 2 aromatic rings. The first kappa shape index (κ1) is 11.8. The van der Waals surface area contributed by atoms with Crippen LogP contribution in [0.3, 0.4) is 0 Å². The van der Waals surface area contributed by atoms with Gasteiger partial charge >= 0.3 is 0 Å². The van der Waals surface area contributed by atoms with Gasteiger partial charge in [-0.1, -0.05) is 19.1 Å². The molecule has 20 heavy (non-hydrogen) atoms. The van der Waals surface area contributed by atoms with Gasteiger partial charge in [0.1, 0.15) is 5.52 Å². The fraction of sp³-hybridized carbons (Fsp3) is 0.571. The molecule has 0 aromatic carbocycles. The first-order valence-corrected chi connectivity index (χ1v) is 6.93. The molecule has 0 radical (unpaired) electrons. The molecule has 2 unspecified atom stereocenters. The summed E-state index contributed by atoms with van der Waals surface area (Å²) in [6, 6.07) is 1.78. The minimum absolute atomic E-state index is 0.0630. The van der Waals surface area contributed by atoms with Crippen LogP contribution in [0, 0.1) is 17.3 Å². The molecule has 2 aliphatic rings. The minimum Gasteiger partial charge on any atom is -0.338 e. The number of hydrogen-bond acceptors (Lipinski definition) is 4. The highest BCUT2D eigenvalue weighted by Gasteiger charge is 2.62. The Bertz CT molecular complexity index is 705. The molecule has 4 rings (SSSR count). The molecule has 1 aliphatic carbocycles. The lowest BCUT2D eigenvalue weighted by atomic mass is 10.1. The first-order chi connectivity index (χ1) is 9.48. The molecule has 104 valence electrons. The lowest BCUT2D eigenvalue weighted by molar-refractivity contribution is 0.0758. The van der Waals surface area contributed by atoms with Crippen molar-refractivity contribution in [3.63, 3.8) is 0 Å². The zero-order chi connectivity index (χ0) is 14.1. The van der Waals surface area contributed by atoms with Crippen LogP contribution in [0.25, 0.3) is 11.2 Å². The minimum atomic E-state index is 0.0630. The molecule has 1 saturated heterocycles. The number of piperidine rings is 1. The van der Waals surface area contributed by atoms with E-state index in [9.17, 15) is 4.79 Å². The Morgan fingerprint density at radius 3 is 2.75 bits per heavy atom. The van der Waals surface area contributed by atoms with E-state index in [4.69, 9.17) is 0 Å². The Morgan fingerprint density at radius 2 is 2.05 bits per heavy atom. The van der Waals surface area contributed by atoms with Crippen LogP contribution in [0.15, 0.2) is 12.3 Å². The third kappa shape index (κ3) is 1.44. The average molecular weight is 271 g/mol. The van der Waals surface area contributed by atoms with E-state index < -0.39 is 0 Å². The zero-order valence-corrected chi connectivity index (χ0v) is 11.9. The number of rotatable bonds is 1. The third-order valence-corrected chi connectivity index (χ3v) is 5.10. The van der Waals surface area contributed by atoms with Gasteiger partial charge < -0.3 is 4.90 Å². The smallest absolute Gasteiger partial charge is 0.255 e. The lowest BCUT2D eigenvalue weighted by Gasteiger charge is -2.21. The number of amides is 1. The summed E-state index contributed by atoms with van der Waals surface area (Å²) in [6.07, 6.45) is 1.63. The predicted octanol–water partition coefficient (Wildman–Crippen LogP) is 1.09. The van der Waals surface area contributed by atoms with Crippen LogP contribution in [0.2, 0.25) is 0 Å². The van der Waals surface area contributed by atoms with Gasteiger partial charge in [-0.05, 0) is 23.3 Å². The van der Waals surface area contributed by atoms with E-state index in [1.54, 1.807) is 24.0 Å². The molecular formula is C14H17N5O. The summed E-state index contributed by atoms with van der Waals surface area (Å²) >= 11 is 0. The average Bonchev–Trinajstić information content (AvgIpc) is 2.86. The van der Waals surface area contributed by atoms with Crippen molar-refractivity contribution in [1.29, 1.82) is 0 Å².